The zero-order valence-electron chi connectivity index (χ0n) is 10.2. The number of nitrogens with two attached hydrogens (primary N) is 1. The van der Waals surface area contributed by atoms with Gasteiger partial charge in [0.1, 0.15) is 5.75 Å². The second-order valence-electron chi connectivity index (χ2n) is 4.19. The van der Waals surface area contributed by atoms with Crippen molar-refractivity contribution in [3.05, 3.63) is 28.8 Å². The van der Waals surface area contributed by atoms with E-state index in [0.717, 1.165) is 24.2 Å². The van der Waals surface area contributed by atoms with E-state index in [2.05, 4.69) is 13.8 Å². The number of benzene rings is 1. The lowest BCUT2D eigenvalue weighted by atomic mass is 10.1. The minimum absolute atomic E-state index is 0.0671. The average Bonchev–Trinajstić information content (AvgIpc) is 2.20. The monoisotopic (exact) mass is 241 g/mol. The van der Waals surface area contributed by atoms with Gasteiger partial charge in [0.05, 0.1) is 6.10 Å². The van der Waals surface area contributed by atoms with Crippen LogP contribution >= 0.6 is 11.6 Å². The van der Waals surface area contributed by atoms with Crippen molar-refractivity contribution in [3.63, 3.8) is 0 Å². The van der Waals surface area contributed by atoms with Crippen LogP contribution in [0.5, 0.6) is 5.75 Å². The van der Waals surface area contributed by atoms with Crippen molar-refractivity contribution in [2.45, 2.75) is 45.8 Å². The maximum atomic E-state index is 5.95. The maximum Gasteiger partial charge on any atom is 0.124 e. The first-order chi connectivity index (χ1) is 7.54. The van der Waals surface area contributed by atoms with Crippen LogP contribution < -0.4 is 10.5 Å². The van der Waals surface area contributed by atoms with E-state index in [-0.39, 0.29) is 12.1 Å². The number of ether oxygens (including phenoxy) is 1. The summed E-state index contributed by atoms with van der Waals surface area (Å²) in [5.41, 5.74) is 6.86. The van der Waals surface area contributed by atoms with Crippen molar-refractivity contribution in [2.75, 3.05) is 0 Å². The lowest BCUT2D eigenvalue weighted by molar-refractivity contribution is 0.207. The molecule has 0 aromatic heterocycles. The van der Waals surface area contributed by atoms with E-state index in [1.54, 1.807) is 0 Å². The molecule has 0 amide bonds. The van der Waals surface area contributed by atoms with Crippen molar-refractivity contribution < 1.29 is 4.74 Å². The molecule has 2 nitrogen and oxygen atoms in total. The summed E-state index contributed by atoms with van der Waals surface area (Å²) in [5.74, 6) is 0.848. The van der Waals surface area contributed by atoms with Crippen LogP contribution in [0, 0.1) is 0 Å². The molecule has 0 spiro atoms. The lowest BCUT2D eigenvalue weighted by Crippen LogP contribution is -2.14. The molecule has 0 saturated carbocycles. The van der Waals surface area contributed by atoms with E-state index in [0.29, 0.717) is 5.02 Å². The molecule has 1 rings (SSSR count). The molecular formula is C13H20ClNO. The van der Waals surface area contributed by atoms with Gasteiger partial charge >= 0.3 is 0 Å². The molecule has 0 heterocycles. The molecule has 0 aliphatic heterocycles. The van der Waals surface area contributed by atoms with Crippen LogP contribution in [0.2, 0.25) is 5.02 Å². The molecule has 2 N–H and O–H groups in total. The summed E-state index contributed by atoms with van der Waals surface area (Å²) in [4.78, 5) is 0. The Labute approximate surface area is 103 Å². The van der Waals surface area contributed by atoms with Crippen molar-refractivity contribution in [2.24, 2.45) is 5.73 Å². The quantitative estimate of drug-likeness (QED) is 0.848. The summed E-state index contributed by atoms with van der Waals surface area (Å²) in [7, 11) is 0. The van der Waals surface area contributed by atoms with Crippen molar-refractivity contribution in [3.8, 4) is 5.75 Å². The molecule has 0 saturated heterocycles. The third-order valence-electron chi connectivity index (χ3n) is 2.49. The smallest absolute Gasteiger partial charge is 0.124 e. The molecule has 1 unspecified atom stereocenters. The first-order valence-corrected chi connectivity index (χ1v) is 6.14. The second-order valence-corrected chi connectivity index (χ2v) is 4.62. The zero-order chi connectivity index (χ0) is 12.1. The Morgan fingerprint density at radius 1 is 1.38 bits per heavy atom. The Hall–Kier alpha value is -0.730. The Morgan fingerprint density at radius 3 is 2.62 bits per heavy atom. The SMILES string of the molecule is CCCC(C)Oc1ccc(Cl)cc1[C@@H](C)N. The summed E-state index contributed by atoms with van der Waals surface area (Å²) < 4.78 is 5.86. The molecule has 2 atom stereocenters. The molecule has 0 fully saturated rings. The van der Waals surface area contributed by atoms with Crippen LogP contribution in [0.15, 0.2) is 18.2 Å². The first-order valence-electron chi connectivity index (χ1n) is 5.76. The number of hydrogen-bond acceptors (Lipinski definition) is 2. The van der Waals surface area contributed by atoms with Gasteiger partial charge in [-0.2, -0.15) is 0 Å². The molecule has 0 radical (unpaired) electrons. The third-order valence-corrected chi connectivity index (χ3v) is 2.72. The maximum absolute atomic E-state index is 5.95. The van der Waals surface area contributed by atoms with Gasteiger partial charge in [0, 0.05) is 16.6 Å². The summed E-state index contributed by atoms with van der Waals surface area (Å²) in [5, 5.41) is 0.697. The Morgan fingerprint density at radius 2 is 2.06 bits per heavy atom. The van der Waals surface area contributed by atoms with Gasteiger partial charge in [-0.05, 0) is 38.5 Å². The van der Waals surface area contributed by atoms with Crippen molar-refractivity contribution >= 4 is 11.6 Å². The van der Waals surface area contributed by atoms with E-state index in [1.807, 2.05) is 25.1 Å². The minimum atomic E-state index is -0.0671. The van der Waals surface area contributed by atoms with Crippen LogP contribution in [0.4, 0.5) is 0 Å². The first kappa shape index (κ1) is 13.3. The van der Waals surface area contributed by atoms with Gasteiger partial charge in [0.25, 0.3) is 0 Å². The molecule has 0 aliphatic rings. The Balaban J connectivity index is 2.86. The van der Waals surface area contributed by atoms with Gasteiger partial charge in [-0.25, -0.2) is 0 Å². The van der Waals surface area contributed by atoms with E-state index < -0.39 is 0 Å². The van der Waals surface area contributed by atoms with E-state index in [9.17, 15) is 0 Å². The summed E-state index contributed by atoms with van der Waals surface area (Å²) in [6.07, 6.45) is 2.37. The summed E-state index contributed by atoms with van der Waals surface area (Å²) in [6.45, 7) is 6.15. The Kier molecular flexibility index (Phi) is 5.10. The molecular weight excluding hydrogens is 222 g/mol. The van der Waals surface area contributed by atoms with Crippen LogP contribution in [-0.2, 0) is 0 Å². The van der Waals surface area contributed by atoms with Gasteiger partial charge < -0.3 is 10.5 Å². The van der Waals surface area contributed by atoms with Crippen LogP contribution in [0.3, 0.4) is 0 Å². The third kappa shape index (κ3) is 3.69. The molecule has 1 aromatic carbocycles. The average molecular weight is 242 g/mol. The highest BCUT2D eigenvalue weighted by molar-refractivity contribution is 6.30. The van der Waals surface area contributed by atoms with Gasteiger partial charge in [-0.15, -0.1) is 0 Å². The largest absolute Gasteiger partial charge is 0.490 e. The van der Waals surface area contributed by atoms with E-state index in [1.165, 1.54) is 0 Å². The normalized spacial score (nSPS) is 14.6. The molecule has 1 aromatic rings. The molecule has 90 valence electrons. The van der Waals surface area contributed by atoms with Crippen molar-refractivity contribution in [1.29, 1.82) is 0 Å². The van der Waals surface area contributed by atoms with E-state index in [4.69, 9.17) is 22.1 Å². The van der Waals surface area contributed by atoms with Crippen LogP contribution in [0.25, 0.3) is 0 Å². The fraction of sp³-hybridized carbons (Fsp3) is 0.538. The molecule has 3 heteroatoms. The number of hydrogen-bond donors (Lipinski definition) is 1. The minimum Gasteiger partial charge on any atom is -0.490 e. The van der Waals surface area contributed by atoms with Crippen LogP contribution in [-0.4, -0.2) is 6.10 Å². The molecule has 0 bridgehead atoms. The number of halogens is 1. The van der Waals surface area contributed by atoms with Gasteiger partial charge in [0.15, 0.2) is 0 Å². The highest BCUT2D eigenvalue weighted by atomic mass is 35.5. The Bertz CT molecular complexity index is 339. The number of rotatable bonds is 5. The topological polar surface area (TPSA) is 35.2 Å². The van der Waals surface area contributed by atoms with Gasteiger partial charge in [-0.3, -0.25) is 0 Å². The summed E-state index contributed by atoms with van der Waals surface area (Å²) in [6, 6.07) is 5.54. The summed E-state index contributed by atoms with van der Waals surface area (Å²) >= 11 is 5.95. The van der Waals surface area contributed by atoms with Gasteiger partial charge in [-0.1, -0.05) is 24.9 Å². The van der Waals surface area contributed by atoms with Gasteiger partial charge in [0.2, 0.25) is 0 Å². The predicted octanol–water partition coefficient (Wildman–Crippen LogP) is 3.93. The van der Waals surface area contributed by atoms with Crippen LogP contribution in [0.1, 0.15) is 45.2 Å². The van der Waals surface area contributed by atoms with Crippen molar-refractivity contribution in [1.82, 2.24) is 0 Å². The fourth-order valence-corrected chi connectivity index (χ4v) is 1.85. The zero-order valence-corrected chi connectivity index (χ0v) is 10.9. The highest BCUT2D eigenvalue weighted by Crippen LogP contribution is 2.28. The lowest BCUT2D eigenvalue weighted by Gasteiger charge is -2.18. The predicted molar refractivity (Wildman–Crippen MR) is 69.1 cm³/mol. The highest BCUT2D eigenvalue weighted by Gasteiger charge is 2.11. The molecule has 16 heavy (non-hydrogen) atoms. The van der Waals surface area contributed by atoms with E-state index >= 15 is 0 Å². The fourth-order valence-electron chi connectivity index (χ4n) is 1.66. The second kappa shape index (κ2) is 6.12. The molecule has 0 aliphatic carbocycles. The standard InChI is InChI=1S/C13H20ClNO/c1-4-5-9(2)16-13-7-6-11(14)8-12(13)10(3)15/h6-10H,4-5,15H2,1-3H3/t9?,10-/m1/s1.